The van der Waals surface area contributed by atoms with Crippen LogP contribution in [0.5, 0.6) is 0 Å². The highest BCUT2D eigenvalue weighted by Gasteiger charge is 2.18. The highest BCUT2D eigenvalue weighted by Crippen LogP contribution is 2.35. The van der Waals surface area contributed by atoms with Crippen LogP contribution in [0.1, 0.15) is 94.5 Å². The Bertz CT molecular complexity index is 2230. The van der Waals surface area contributed by atoms with E-state index in [1.165, 1.54) is 133 Å². The summed E-state index contributed by atoms with van der Waals surface area (Å²) < 4.78 is 0. The summed E-state index contributed by atoms with van der Waals surface area (Å²) in [5, 5.41) is 0. The Balaban J connectivity index is 1.78. The number of H-pyrrole nitrogens is 6. The summed E-state index contributed by atoms with van der Waals surface area (Å²) in [6, 6.07) is 4.70. The summed E-state index contributed by atoms with van der Waals surface area (Å²) in [5.41, 5.74) is 29.9. The molecule has 0 aliphatic rings. The maximum Gasteiger partial charge on any atom is 0.0660 e. The highest BCUT2D eigenvalue weighted by atomic mass is 14.8. The third kappa shape index (κ3) is 4.44. The van der Waals surface area contributed by atoms with Crippen LogP contribution in [0.4, 0.5) is 0 Å². The molecule has 12 bridgehead atoms. The molecule has 7 aromatic heterocycles. The van der Waals surface area contributed by atoms with Crippen molar-refractivity contribution in [3.05, 3.63) is 78.9 Å². The quantitative estimate of drug-likeness (QED) is 0.110. The van der Waals surface area contributed by atoms with Gasteiger partial charge in [-0.1, -0.05) is 27.7 Å². The van der Waals surface area contributed by atoms with E-state index in [1.54, 1.807) is 0 Å². The number of rotatable bonds is 4. The number of aromatic amines is 6. The molecule has 0 spiro atoms. The summed E-state index contributed by atoms with van der Waals surface area (Å²) in [4.78, 5) is 23.4. The van der Waals surface area contributed by atoms with Crippen LogP contribution in [-0.4, -0.2) is 29.9 Å². The number of hydrogen-bond donors (Lipinski definition) is 6. The zero-order valence-electron chi connectivity index (χ0n) is 31.0. The molecule has 0 radical (unpaired) electrons. The Morgan fingerprint density at radius 2 is 0.479 bits per heavy atom. The first kappa shape index (κ1) is 32.0. The van der Waals surface area contributed by atoms with Crippen molar-refractivity contribution < 1.29 is 0 Å². The first-order valence-corrected chi connectivity index (χ1v) is 17.9. The second-order valence-corrected chi connectivity index (χ2v) is 14.0. The fourth-order valence-corrected chi connectivity index (χ4v) is 8.61. The lowest BCUT2D eigenvalue weighted by Crippen LogP contribution is -1.82. The molecule has 0 saturated carbocycles. The molecule has 7 aromatic rings. The number of fused-ring (bicyclic) bond motifs is 16. The van der Waals surface area contributed by atoms with Crippen molar-refractivity contribution in [2.24, 2.45) is 0 Å². The molecule has 0 fully saturated rings. The Morgan fingerprint density at radius 3 is 0.667 bits per heavy atom. The van der Waals surface area contributed by atoms with Crippen LogP contribution in [0.2, 0.25) is 0 Å². The van der Waals surface area contributed by atoms with E-state index >= 15 is 0 Å². The van der Waals surface area contributed by atoms with Gasteiger partial charge in [0, 0.05) is 22.1 Å². The largest absolute Gasteiger partial charge is 0.353 e. The predicted octanol–water partition coefficient (Wildman–Crippen LogP) is 11.5. The minimum atomic E-state index is 0.956. The van der Waals surface area contributed by atoms with Gasteiger partial charge < -0.3 is 29.9 Å². The lowest BCUT2D eigenvalue weighted by molar-refractivity contribution is 1.14. The Kier molecular flexibility index (Phi) is 7.69. The molecule has 0 aliphatic carbocycles. The predicted molar refractivity (Wildman–Crippen MR) is 208 cm³/mol. The zero-order chi connectivity index (χ0) is 34.3. The van der Waals surface area contributed by atoms with Crippen molar-refractivity contribution in [3.8, 4) is 0 Å². The van der Waals surface area contributed by atoms with Crippen molar-refractivity contribution in [2.75, 3.05) is 0 Å². The Labute approximate surface area is 283 Å². The molecule has 0 aliphatic heterocycles. The molecule has 0 amide bonds. The molecule has 0 unspecified atom stereocenters. The van der Waals surface area contributed by atoms with Gasteiger partial charge in [0.05, 0.1) is 44.1 Å². The fraction of sp³-hybridized carbons (Fsp3) is 0.381. The summed E-state index contributed by atoms with van der Waals surface area (Å²) >= 11 is 0. The van der Waals surface area contributed by atoms with E-state index in [4.69, 9.17) is 0 Å². The lowest BCUT2D eigenvalue weighted by atomic mass is 10.1. The maximum absolute atomic E-state index is 3.91. The van der Waals surface area contributed by atoms with Gasteiger partial charge in [0.25, 0.3) is 0 Å². The van der Waals surface area contributed by atoms with E-state index < -0.39 is 0 Å². The number of aryl methyl sites for hydroxylation is 12. The van der Waals surface area contributed by atoms with E-state index in [1.807, 2.05) is 0 Å². The van der Waals surface area contributed by atoms with Crippen LogP contribution in [0.15, 0.2) is 12.1 Å². The average Bonchev–Trinajstić information content (AvgIpc) is 3.86. The van der Waals surface area contributed by atoms with E-state index in [0.29, 0.717) is 0 Å². The molecule has 6 nitrogen and oxygen atoms in total. The molecule has 7 rings (SSSR count). The van der Waals surface area contributed by atoms with E-state index in [9.17, 15) is 0 Å². The van der Waals surface area contributed by atoms with Gasteiger partial charge in [-0.15, -0.1) is 0 Å². The molecule has 6 N–H and O–H groups in total. The SMILES string of the molecule is CCc1c(C)c2[nH]c1cc1[nH]c(c(C)c1CC)c1[nH]c(c(C)c1C)c1[nH]c(cc3[nH]c(c(C)c3CC)c3[nH]c2c(C)c3C)c(CC)c1C. The molecule has 6 heteroatoms. The first-order valence-electron chi connectivity index (χ1n) is 17.9. The number of hydrogen-bond acceptors (Lipinski definition) is 0. The van der Waals surface area contributed by atoms with Gasteiger partial charge in [-0.3, -0.25) is 0 Å². The van der Waals surface area contributed by atoms with Gasteiger partial charge in [-0.05, 0) is 160 Å². The molecular formula is C42H52N6. The number of nitrogens with one attached hydrogen (secondary N) is 6. The van der Waals surface area contributed by atoms with Crippen molar-refractivity contribution in [2.45, 2.75) is 109 Å². The van der Waals surface area contributed by atoms with Crippen LogP contribution in [0, 0.1) is 55.4 Å². The number of aromatic nitrogens is 6. The molecular weight excluding hydrogens is 589 g/mol. The molecule has 0 saturated heterocycles. The van der Waals surface area contributed by atoms with Gasteiger partial charge >= 0.3 is 0 Å². The minimum absolute atomic E-state index is 0.956. The van der Waals surface area contributed by atoms with Crippen molar-refractivity contribution in [3.63, 3.8) is 0 Å². The van der Waals surface area contributed by atoms with E-state index in [0.717, 1.165) is 25.7 Å². The highest BCUT2D eigenvalue weighted by molar-refractivity contribution is 5.98. The standard InChI is InChI=1S/C42H52N6/c1-13-27-23(9)39-35-19(5)20(6)36(47-35)41-25(11)29(15-3)33(45-41)18-34-30(16-4)26(12)42(46-34)38-22(8)21(7)37(48-38)40-24(10)28(14-2)32(44-40)17-31(27)43-39/h17-18,43-48H,13-16H2,1-12H3. The van der Waals surface area contributed by atoms with Crippen molar-refractivity contribution in [1.29, 1.82) is 0 Å². The van der Waals surface area contributed by atoms with Crippen LogP contribution >= 0.6 is 0 Å². The Hall–Kier alpha value is -4.58. The Morgan fingerprint density at radius 1 is 0.292 bits per heavy atom. The van der Waals surface area contributed by atoms with E-state index in [-0.39, 0.29) is 0 Å². The topological polar surface area (TPSA) is 94.7 Å². The smallest absolute Gasteiger partial charge is 0.0660 e. The summed E-state index contributed by atoms with van der Waals surface area (Å²) in [7, 11) is 0. The van der Waals surface area contributed by atoms with E-state index in [2.05, 4.69) is 125 Å². The van der Waals surface area contributed by atoms with Crippen molar-refractivity contribution in [1.82, 2.24) is 29.9 Å². The second kappa shape index (κ2) is 11.5. The van der Waals surface area contributed by atoms with Crippen LogP contribution < -0.4 is 0 Å². The van der Waals surface area contributed by atoms with Crippen LogP contribution in [0.3, 0.4) is 0 Å². The third-order valence-electron chi connectivity index (χ3n) is 11.8. The van der Waals surface area contributed by atoms with Gasteiger partial charge in [-0.25, -0.2) is 0 Å². The monoisotopic (exact) mass is 640 g/mol. The van der Waals surface area contributed by atoms with Gasteiger partial charge in [-0.2, -0.15) is 0 Å². The second-order valence-electron chi connectivity index (χ2n) is 14.0. The maximum atomic E-state index is 3.91. The molecule has 0 atom stereocenters. The summed E-state index contributed by atoms with van der Waals surface area (Å²) in [6.45, 7) is 27.1. The summed E-state index contributed by atoms with van der Waals surface area (Å²) in [6.07, 6.45) is 3.83. The van der Waals surface area contributed by atoms with Gasteiger partial charge in [0.1, 0.15) is 0 Å². The fourth-order valence-electron chi connectivity index (χ4n) is 8.61. The first-order chi connectivity index (χ1) is 22.9. The third-order valence-corrected chi connectivity index (χ3v) is 11.8. The normalized spacial score (nSPS) is 12.1. The zero-order valence-corrected chi connectivity index (χ0v) is 31.0. The minimum Gasteiger partial charge on any atom is -0.353 e. The molecule has 48 heavy (non-hydrogen) atoms. The molecule has 0 aromatic carbocycles. The van der Waals surface area contributed by atoms with Crippen LogP contribution in [-0.2, 0) is 25.7 Å². The van der Waals surface area contributed by atoms with Gasteiger partial charge in [0.2, 0.25) is 0 Å². The lowest BCUT2D eigenvalue weighted by Gasteiger charge is -1.96. The van der Waals surface area contributed by atoms with Gasteiger partial charge in [0.15, 0.2) is 0 Å². The van der Waals surface area contributed by atoms with Crippen molar-refractivity contribution >= 4 is 66.2 Å². The summed E-state index contributed by atoms with van der Waals surface area (Å²) in [5.74, 6) is 0. The average molecular weight is 641 g/mol. The molecule has 250 valence electrons. The molecule has 7 heterocycles. The van der Waals surface area contributed by atoms with Crippen LogP contribution in [0.25, 0.3) is 66.2 Å².